The lowest BCUT2D eigenvalue weighted by molar-refractivity contribution is -0.129. The topological polar surface area (TPSA) is 60.3 Å². The van der Waals surface area contributed by atoms with Gasteiger partial charge in [-0.2, -0.15) is 0 Å². The summed E-state index contributed by atoms with van der Waals surface area (Å²) in [5.74, 6) is -0.662. The quantitative estimate of drug-likeness (QED) is 0.790. The van der Waals surface area contributed by atoms with Gasteiger partial charge in [-0.25, -0.2) is 4.79 Å². The lowest BCUT2D eigenvalue weighted by Crippen LogP contribution is -2.40. The fourth-order valence-corrected chi connectivity index (χ4v) is 3.68. The molecule has 1 fully saturated rings. The van der Waals surface area contributed by atoms with Crippen molar-refractivity contribution in [3.63, 3.8) is 0 Å². The number of carbonyl (C=O) groups excluding carboxylic acids is 2. The normalized spacial score (nSPS) is 15.5. The van der Waals surface area contributed by atoms with Crippen molar-refractivity contribution >= 4 is 11.9 Å². The molecule has 0 spiro atoms. The third kappa shape index (κ3) is 4.59. The van der Waals surface area contributed by atoms with E-state index in [4.69, 9.17) is 4.74 Å². The third-order valence-corrected chi connectivity index (χ3v) is 5.33. The monoisotopic (exact) mass is 368 g/mol. The summed E-state index contributed by atoms with van der Waals surface area (Å²) in [7, 11) is 0. The predicted molar refractivity (Wildman–Crippen MR) is 105 cm³/mol. The van der Waals surface area contributed by atoms with Gasteiger partial charge in [0.1, 0.15) is 0 Å². The summed E-state index contributed by atoms with van der Waals surface area (Å²) < 4.78 is 7.54. The first-order chi connectivity index (χ1) is 13.0. The van der Waals surface area contributed by atoms with Gasteiger partial charge in [-0.1, -0.05) is 43.2 Å². The summed E-state index contributed by atoms with van der Waals surface area (Å²) in [6, 6.07) is 12.2. The predicted octanol–water partition coefficient (Wildman–Crippen LogP) is 3.76. The summed E-state index contributed by atoms with van der Waals surface area (Å²) >= 11 is 0. The molecule has 1 aliphatic rings. The van der Waals surface area contributed by atoms with Gasteiger partial charge in [-0.15, -0.1) is 0 Å². The van der Waals surface area contributed by atoms with E-state index in [0.717, 1.165) is 37.1 Å². The molecule has 1 amide bonds. The molecule has 27 heavy (non-hydrogen) atoms. The number of hydrogen-bond donors (Lipinski definition) is 1. The summed E-state index contributed by atoms with van der Waals surface area (Å²) in [6.07, 6.45) is 3.51. The first-order valence-corrected chi connectivity index (χ1v) is 9.67. The first-order valence-electron chi connectivity index (χ1n) is 9.67. The highest BCUT2D eigenvalue weighted by molar-refractivity contribution is 5.93. The van der Waals surface area contributed by atoms with Crippen LogP contribution in [0.25, 0.3) is 0 Å². The molecule has 0 radical (unpaired) electrons. The number of hydrogen-bond acceptors (Lipinski definition) is 3. The van der Waals surface area contributed by atoms with Crippen molar-refractivity contribution in [3.8, 4) is 0 Å². The van der Waals surface area contributed by atoms with Crippen LogP contribution in [-0.4, -0.2) is 28.6 Å². The number of rotatable bonds is 6. The van der Waals surface area contributed by atoms with Crippen LogP contribution in [0.4, 0.5) is 0 Å². The van der Waals surface area contributed by atoms with E-state index in [1.807, 2.05) is 38.1 Å². The van der Waals surface area contributed by atoms with Crippen molar-refractivity contribution in [2.24, 2.45) is 0 Å². The standard InChI is InChI=1S/C22H28N2O3/c1-15-13-20(16(2)24(15)14-18-9-5-4-6-10-18)22(26)27-17(3)21(25)23-19-11-7-8-12-19/h4-6,9-10,13,17,19H,7-8,11-12,14H2,1-3H3,(H,23,25)/t17-/m0/s1. The van der Waals surface area contributed by atoms with E-state index in [1.54, 1.807) is 6.92 Å². The second-order valence-corrected chi connectivity index (χ2v) is 7.39. The average Bonchev–Trinajstić information content (AvgIpc) is 3.26. The van der Waals surface area contributed by atoms with Crippen LogP contribution in [0, 0.1) is 13.8 Å². The molecule has 3 rings (SSSR count). The molecule has 1 aromatic heterocycles. The molecule has 0 aliphatic heterocycles. The Morgan fingerprint density at radius 3 is 2.52 bits per heavy atom. The van der Waals surface area contributed by atoms with Gasteiger partial charge >= 0.3 is 5.97 Å². The van der Waals surface area contributed by atoms with E-state index in [-0.39, 0.29) is 11.9 Å². The van der Waals surface area contributed by atoms with Gasteiger partial charge in [0.25, 0.3) is 5.91 Å². The molecule has 0 bridgehead atoms. The fourth-order valence-electron chi connectivity index (χ4n) is 3.68. The molecule has 0 saturated heterocycles. The number of amides is 1. The Kier molecular flexibility index (Phi) is 5.99. The third-order valence-electron chi connectivity index (χ3n) is 5.33. The SMILES string of the molecule is Cc1cc(C(=O)O[C@@H](C)C(=O)NC2CCCC2)c(C)n1Cc1ccccc1. The molecule has 5 heteroatoms. The van der Waals surface area contributed by atoms with E-state index in [2.05, 4.69) is 22.0 Å². The fraction of sp³-hybridized carbons (Fsp3) is 0.455. The Bertz CT molecular complexity index is 804. The molecule has 5 nitrogen and oxygen atoms in total. The van der Waals surface area contributed by atoms with Gasteiger partial charge < -0.3 is 14.6 Å². The Morgan fingerprint density at radius 2 is 1.85 bits per heavy atom. The summed E-state index contributed by atoms with van der Waals surface area (Å²) in [6.45, 7) is 6.22. The summed E-state index contributed by atoms with van der Waals surface area (Å²) in [5.41, 5.74) is 3.53. The number of esters is 1. The molecule has 0 unspecified atom stereocenters. The number of aromatic nitrogens is 1. The Hall–Kier alpha value is -2.56. The number of nitrogens with zero attached hydrogens (tertiary/aromatic N) is 1. The van der Waals surface area contributed by atoms with Gasteiger partial charge in [0.2, 0.25) is 0 Å². The summed E-state index contributed by atoms with van der Waals surface area (Å²) in [4.78, 5) is 24.9. The molecule has 1 saturated carbocycles. The van der Waals surface area contributed by atoms with Crippen molar-refractivity contribution in [1.82, 2.24) is 9.88 Å². The number of benzene rings is 1. The molecule has 1 heterocycles. The summed E-state index contributed by atoms with van der Waals surface area (Å²) in [5, 5.41) is 2.98. The van der Waals surface area contributed by atoms with Gasteiger partial charge in [-0.05, 0) is 45.2 Å². The van der Waals surface area contributed by atoms with Gasteiger partial charge in [-0.3, -0.25) is 4.79 Å². The molecule has 1 atom stereocenters. The number of ether oxygens (including phenoxy) is 1. The molecule has 1 aliphatic carbocycles. The zero-order chi connectivity index (χ0) is 19.4. The lowest BCUT2D eigenvalue weighted by Gasteiger charge is -2.17. The number of carbonyl (C=O) groups is 2. The van der Waals surface area contributed by atoms with Crippen LogP contribution in [0.15, 0.2) is 36.4 Å². The second-order valence-electron chi connectivity index (χ2n) is 7.39. The van der Waals surface area contributed by atoms with E-state index in [0.29, 0.717) is 12.1 Å². The zero-order valence-corrected chi connectivity index (χ0v) is 16.3. The smallest absolute Gasteiger partial charge is 0.340 e. The Balaban J connectivity index is 1.65. The van der Waals surface area contributed by atoms with Crippen LogP contribution >= 0.6 is 0 Å². The van der Waals surface area contributed by atoms with E-state index >= 15 is 0 Å². The van der Waals surface area contributed by atoms with Crippen molar-refractivity contribution < 1.29 is 14.3 Å². The molecule has 1 aromatic carbocycles. The van der Waals surface area contributed by atoms with Crippen LogP contribution in [0.1, 0.15) is 59.9 Å². The van der Waals surface area contributed by atoms with Crippen LogP contribution in [0.5, 0.6) is 0 Å². The Morgan fingerprint density at radius 1 is 1.19 bits per heavy atom. The van der Waals surface area contributed by atoms with Gasteiger partial charge in [0.05, 0.1) is 5.56 Å². The highest BCUT2D eigenvalue weighted by Crippen LogP contribution is 2.20. The molecule has 144 valence electrons. The maximum absolute atomic E-state index is 12.6. The zero-order valence-electron chi connectivity index (χ0n) is 16.3. The molecule has 2 aromatic rings. The van der Waals surface area contributed by atoms with Crippen molar-refractivity contribution in [3.05, 3.63) is 58.9 Å². The number of aryl methyl sites for hydroxylation is 1. The Labute approximate surface area is 160 Å². The average molecular weight is 368 g/mol. The van der Waals surface area contributed by atoms with Crippen molar-refractivity contribution in [2.45, 2.75) is 65.1 Å². The largest absolute Gasteiger partial charge is 0.449 e. The maximum atomic E-state index is 12.6. The minimum Gasteiger partial charge on any atom is -0.449 e. The van der Waals surface area contributed by atoms with E-state index < -0.39 is 12.1 Å². The molecular weight excluding hydrogens is 340 g/mol. The highest BCUT2D eigenvalue weighted by Gasteiger charge is 2.25. The lowest BCUT2D eigenvalue weighted by atomic mass is 10.2. The van der Waals surface area contributed by atoms with Crippen LogP contribution in [0.3, 0.4) is 0 Å². The minimum absolute atomic E-state index is 0.214. The van der Waals surface area contributed by atoms with Crippen LogP contribution in [-0.2, 0) is 16.1 Å². The van der Waals surface area contributed by atoms with Gasteiger partial charge in [0, 0.05) is 24.0 Å². The van der Waals surface area contributed by atoms with Crippen LogP contribution in [0.2, 0.25) is 0 Å². The first kappa shape index (κ1) is 19.2. The van der Waals surface area contributed by atoms with Crippen molar-refractivity contribution in [1.29, 1.82) is 0 Å². The highest BCUT2D eigenvalue weighted by atomic mass is 16.5. The molecule has 1 N–H and O–H groups in total. The maximum Gasteiger partial charge on any atom is 0.340 e. The molecular formula is C22H28N2O3. The van der Waals surface area contributed by atoms with E-state index in [9.17, 15) is 9.59 Å². The number of nitrogens with one attached hydrogen (secondary N) is 1. The van der Waals surface area contributed by atoms with Crippen LogP contribution < -0.4 is 5.32 Å². The van der Waals surface area contributed by atoms with Gasteiger partial charge in [0.15, 0.2) is 6.10 Å². The minimum atomic E-state index is -0.796. The second kappa shape index (κ2) is 8.42. The van der Waals surface area contributed by atoms with Crippen molar-refractivity contribution in [2.75, 3.05) is 0 Å². The van der Waals surface area contributed by atoms with E-state index in [1.165, 1.54) is 5.56 Å².